The van der Waals surface area contributed by atoms with Crippen LogP contribution in [0.25, 0.3) is 0 Å². The van der Waals surface area contributed by atoms with E-state index in [1.807, 2.05) is 103 Å². The number of ether oxygens (including phenoxy) is 3. The third kappa shape index (κ3) is 5.90. The molecule has 32 heavy (non-hydrogen) atoms. The lowest BCUT2D eigenvalue weighted by atomic mass is 10.1. The van der Waals surface area contributed by atoms with Crippen molar-refractivity contribution in [2.75, 3.05) is 6.61 Å². The van der Waals surface area contributed by atoms with Crippen molar-refractivity contribution >= 4 is 0 Å². The molecule has 162 valence electrons. The van der Waals surface area contributed by atoms with E-state index in [0.29, 0.717) is 42.6 Å². The van der Waals surface area contributed by atoms with Crippen LogP contribution < -0.4 is 14.2 Å². The Morgan fingerprint density at radius 2 is 1.19 bits per heavy atom. The summed E-state index contributed by atoms with van der Waals surface area (Å²) in [6.07, 6.45) is 0.514. The van der Waals surface area contributed by atoms with E-state index in [-0.39, 0.29) is 6.61 Å². The minimum Gasteiger partial charge on any atom is -0.489 e. The van der Waals surface area contributed by atoms with Crippen LogP contribution in [0.3, 0.4) is 0 Å². The maximum Gasteiger partial charge on any atom is 0.173 e. The Kier molecular flexibility index (Phi) is 7.40. The van der Waals surface area contributed by atoms with E-state index in [9.17, 15) is 5.11 Å². The lowest BCUT2D eigenvalue weighted by Gasteiger charge is -2.16. The largest absolute Gasteiger partial charge is 0.489 e. The highest BCUT2D eigenvalue weighted by Gasteiger charge is 2.12. The fourth-order valence-electron chi connectivity index (χ4n) is 3.30. The molecule has 4 nitrogen and oxygen atoms in total. The van der Waals surface area contributed by atoms with Gasteiger partial charge in [0.25, 0.3) is 0 Å². The van der Waals surface area contributed by atoms with Crippen LogP contribution in [0.2, 0.25) is 0 Å². The van der Waals surface area contributed by atoms with Crippen LogP contribution in [0.1, 0.15) is 16.7 Å². The number of rotatable bonds is 10. The molecule has 4 aromatic carbocycles. The van der Waals surface area contributed by atoms with Gasteiger partial charge in [0.1, 0.15) is 24.7 Å². The molecule has 0 atom stereocenters. The van der Waals surface area contributed by atoms with Gasteiger partial charge in [-0.2, -0.15) is 0 Å². The summed E-state index contributed by atoms with van der Waals surface area (Å²) in [4.78, 5) is 0. The summed E-state index contributed by atoms with van der Waals surface area (Å²) in [5.41, 5.74) is 3.09. The lowest BCUT2D eigenvalue weighted by Crippen LogP contribution is -2.00. The zero-order chi connectivity index (χ0) is 22.0. The zero-order valence-electron chi connectivity index (χ0n) is 17.8. The van der Waals surface area contributed by atoms with E-state index in [4.69, 9.17) is 14.2 Å². The van der Waals surface area contributed by atoms with E-state index in [1.54, 1.807) is 0 Å². The Hall–Kier alpha value is -3.76. The Morgan fingerprint density at radius 3 is 1.88 bits per heavy atom. The van der Waals surface area contributed by atoms with Crippen LogP contribution in [0.5, 0.6) is 23.0 Å². The molecule has 0 saturated carbocycles. The van der Waals surface area contributed by atoms with Gasteiger partial charge in [-0.3, -0.25) is 0 Å². The maximum atomic E-state index is 9.40. The van der Waals surface area contributed by atoms with Gasteiger partial charge in [0, 0.05) is 12.7 Å². The monoisotopic (exact) mass is 426 g/mol. The zero-order valence-corrected chi connectivity index (χ0v) is 17.8. The van der Waals surface area contributed by atoms with Crippen LogP contribution in [-0.2, 0) is 19.6 Å². The summed E-state index contributed by atoms with van der Waals surface area (Å²) in [7, 11) is 0. The molecule has 4 rings (SSSR count). The van der Waals surface area contributed by atoms with Gasteiger partial charge < -0.3 is 19.3 Å². The lowest BCUT2D eigenvalue weighted by molar-refractivity contribution is 0.282. The van der Waals surface area contributed by atoms with Crippen molar-refractivity contribution in [3.8, 4) is 23.0 Å². The molecule has 0 heterocycles. The van der Waals surface area contributed by atoms with Crippen LogP contribution >= 0.6 is 0 Å². The molecule has 0 aromatic heterocycles. The predicted octanol–water partition coefficient (Wildman–Crippen LogP) is 6.17. The van der Waals surface area contributed by atoms with Crippen LogP contribution in [0, 0.1) is 0 Å². The third-order valence-corrected chi connectivity index (χ3v) is 4.97. The molecule has 0 aliphatic rings. The van der Waals surface area contributed by atoms with E-state index in [0.717, 1.165) is 16.7 Å². The summed E-state index contributed by atoms with van der Waals surface area (Å²) >= 11 is 0. The molecule has 0 saturated heterocycles. The van der Waals surface area contributed by atoms with Gasteiger partial charge in [-0.25, -0.2) is 0 Å². The SMILES string of the molecule is OCCc1ccccc1Oc1cc(OCc2ccccc2)ccc1OCc1ccccc1. The van der Waals surface area contributed by atoms with Crippen LogP contribution in [0.15, 0.2) is 103 Å². The Bertz CT molecular complexity index is 1110. The quantitative estimate of drug-likeness (QED) is 0.329. The van der Waals surface area contributed by atoms with E-state index in [1.165, 1.54) is 0 Å². The number of hydrogen-bond acceptors (Lipinski definition) is 4. The number of aliphatic hydroxyl groups excluding tert-OH is 1. The van der Waals surface area contributed by atoms with Gasteiger partial charge in [0.15, 0.2) is 11.5 Å². The number of aliphatic hydroxyl groups is 1. The maximum absolute atomic E-state index is 9.40. The van der Waals surface area contributed by atoms with Crippen molar-refractivity contribution in [3.63, 3.8) is 0 Å². The third-order valence-electron chi connectivity index (χ3n) is 4.97. The molecule has 0 aliphatic heterocycles. The highest BCUT2D eigenvalue weighted by atomic mass is 16.5. The first-order valence-corrected chi connectivity index (χ1v) is 10.7. The van der Waals surface area contributed by atoms with Crippen molar-refractivity contribution in [2.45, 2.75) is 19.6 Å². The van der Waals surface area contributed by atoms with Gasteiger partial charge in [-0.1, -0.05) is 78.9 Å². The molecular weight excluding hydrogens is 400 g/mol. The molecule has 0 bridgehead atoms. The topological polar surface area (TPSA) is 47.9 Å². The number of benzene rings is 4. The molecule has 0 fully saturated rings. The second kappa shape index (κ2) is 11.0. The minimum atomic E-state index is 0.0535. The fourth-order valence-corrected chi connectivity index (χ4v) is 3.30. The Balaban J connectivity index is 1.57. The van der Waals surface area contributed by atoms with Gasteiger partial charge in [0.05, 0.1) is 0 Å². The van der Waals surface area contributed by atoms with E-state index in [2.05, 4.69) is 0 Å². The van der Waals surface area contributed by atoms with Crippen molar-refractivity contribution < 1.29 is 19.3 Å². The molecule has 0 radical (unpaired) electrons. The summed E-state index contributed by atoms with van der Waals surface area (Å²) < 4.78 is 18.3. The van der Waals surface area contributed by atoms with Gasteiger partial charge in [-0.05, 0) is 41.3 Å². The molecule has 0 unspecified atom stereocenters. The van der Waals surface area contributed by atoms with Crippen molar-refractivity contribution in [3.05, 3.63) is 120 Å². The first-order valence-electron chi connectivity index (χ1n) is 10.7. The second-order valence-electron chi connectivity index (χ2n) is 7.34. The van der Waals surface area contributed by atoms with Gasteiger partial charge >= 0.3 is 0 Å². The smallest absolute Gasteiger partial charge is 0.173 e. The second-order valence-corrected chi connectivity index (χ2v) is 7.34. The summed E-state index contributed by atoms with van der Waals surface area (Å²) in [5, 5.41) is 9.40. The van der Waals surface area contributed by atoms with E-state index < -0.39 is 0 Å². The van der Waals surface area contributed by atoms with E-state index >= 15 is 0 Å². The molecule has 1 N–H and O–H groups in total. The standard InChI is InChI=1S/C28H26O4/c29-18-17-24-13-7-8-14-26(24)32-28-19-25(30-20-22-9-3-1-4-10-22)15-16-27(28)31-21-23-11-5-2-6-12-23/h1-16,19,29H,17-18,20-21H2. The van der Waals surface area contributed by atoms with Crippen LogP contribution in [0.4, 0.5) is 0 Å². The predicted molar refractivity (Wildman–Crippen MR) is 125 cm³/mol. The highest BCUT2D eigenvalue weighted by molar-refractivity contribution is 5.49. The summed E-state index contributed by atoms with van der Waals surface area (Å²) in [6.45, 7) is 0.948. The minimum absolute atomic E-state index is 0.0535. The fraction of sp³-hybridized carbons (Fsp3) is 0.143. The number of hydrogen-bond donors (Lipinski definition) is 1. The molecule has 0 spiro atoms. The highest BCUT2D eigenvalue weighted by Crippen LogP contribution is 2.37. The van der Waals surface area contributed by atoms with Crippen molar-refractivity contribution in [1.29, 1.82) is 0 Å². The average molecular weight is 427 g/mol. The Morgan fingerprint density at radius 1 is 0.562 bits per heavy atom. The molecular formula is C28H26O4. The van der Waals surface area contributed by atoms with Crippen molar-refractivity contribution in [1.82, 2.24) is 0 Å². The molecule has 0 aliphatic carbocycles. The van der Waals surface area contributed by atoms with Crippen molar-refractivity contribution in [2.24, 2.45) is 0 Å². The number of para-hydroxylation sites is 1. The Labute approximate surface area is 188 Å². The molecule has 4 aromatic rings. The average Bonchev–Trinajstić information content (AvgIpc) is 2.85. The van der Waals surface area contributed by atoms with Gasteiger partial charge in [0.2, 0.25) is 0 Å². The van der Waals surface area contributed by atoms with Crippen LogP contribution in [-0.4, -0.2) is 11.7 Å². The first kappa shape index (κ1) is 21.5. The summed E-state index contributed by atoms with van der Waals surface area (Å²) in [6, 6.07) is 33.3. The summed E-state index contributed by atoms with van der Waals surface area (Å²) in [5.74, 6) is 2.57. The van der Waals surface area contributed by atoms with Gasteiger partial charge in [-0.15, -0.1) is 0 Å². The molecule has 0 amide bonds. The molecule has 4 heteroatoms. The first-order chi connectivity index (χ1) is 15.8. The normalized spacial score (nSPS) is 10.5.